The van der Waals surface area contributed by atoms with Gasteiger partial charge in [0.2, 0.25) is 0 Å². The summed E-state index contributed by atoms with van der Waals surface area (Å²) in [6, 6.07) is 22.0. The Morgan fingerprint density at radius 1 is 0.810 bits per heavy atom. The molecule has 100 valence electrons. The van der Waals surface area contributed by atoms with E-state index < -0.39 is 0 Å². The molecule has 21 heavy (non-hydrogen) atoms. The standard InChI is InChI=1S/C17H12N4/c1-2-8-14-13(6-1)7-5-10-15(14)19-20-21-12-18-16-9-3-4-11-17(16)21/h1-12H. The van der Waals surface area contributed by atoms with Crippen molar-refractivity contribution in [3.05, 3.63) is 73.1 Å². The lowest BCUT2D eigenvalue weighted by Gasteiger charge is -2.00. The fourth-order valence-electron chi connectivity index (χ4n) is 2.41. The van der Waals surface area contributed by atoms with E-state index in [2.05, 4.69) is 33.5 Å². The van der Waals surface area contributed by atoms with E-state index in [1.807, 2.05) is 48.5 Å². The summed E-state index contributed by atoms with van der Waals surface area (Å²) in [5.41, 5.74) is 2.71. The molecule has 1 heterocycles. The molecule has 0 fully saturated rings. The SMILES string of the molecule is c1ccc2c(N=Nn3cnc4ccccc43)cccc2c1. The van der Waals surface area contributed by atoms with Gasteiger partial charge >= 0.3 is 0 Å². The van der Waals surface area contributed by atoms with Crippen LogP contribution in [0.15, 0.2) is 83.4 Å². The van der Waals surface area contributed by atoms with Crippen LogP contribution in [0, 0.1) is 0 Å². The van der Waals surface area contributed by atoms with Crippen molar-refractivity contribution in [2.45, 2.75) is 0 Å². The minimum atomic E-state index is 0.853. The summed E-state index contributed by atoms with van der Waals surface area (Å²) in [7, 11) is 0. The minimum absolute atomic E-state index is 0.853. The molecule has 4 rings (SSSR count). The van der Waals surface area contributed by atoms with Crippen LogP contribution in [0.3, 0.4) is 0 Å². The molecule has 0 amide bonds. The van der Waals surface area contributed by atoms with Crippen LogP contribution in [0.5, 0.6) is 0 Å². The summed E-state index contributed by atoms with van der Waals surface area (Å²) in [5.74, 6) is 0. The third-order valence-corrected chi connectivity index (χ3v) is 3.45. The molecule has 0 radical (unpaired) electrons. The average molecular weight is 272 g/mol. The van der Waals surface area contributed by atoms with E-state index in [4.69, 9.17) is 0 Å². The first kappa shape index (κ1) is 11.8. The molecule has 0 spiro atoms. The zero-order chi connectivity index (χ0) is 14.1. The largest absolute Gasteiger partial charge is 0.235 e. The highest BCUT2D eigenvalue weighted by atomic mass is 15.5. The van der Waals surface area contributed by atoms with Gasteiger partial charge in [0.25, 0.3) is 0 Å². The Kier molecular flexibility index (Phi) is 2.71. The van der Waals surface area contributed by atoms with E-state index in [0.29, 0.717) is 0 Å². The van der Waals surface area contributed by atoms with E-state index in [1.165, 1.54) is 0 Å². The molecule has 0 N–H and O–H groups in total. The number of imidazole rings is 1. The zero-order valence-corrected chi connectivity index (χ0v) is 11.2. The lowest BCUT2D eigenvalue weighted by atomic mass is 10.1. The third-order valence-electron chi connectivity index (χ3n) is 3.45. The number of para-hydroxylation sites is 2. The van der Waals surface area contributed by atoms with Crippen molar-refractivity contribution in [2.75, 3.05) is 0 Å². The lowest BCUT2D eigenvalue weighted by Crippen LogP contribution is -1.83. The highest BCUT2D eigenvalue weighted by molar-refractivity contribution is 5.92. The molecule has 0 aliphatic heterocycles. The topological polar surface area (TPSA) is 42.5 Å². The van der Waals surface area contributed by atoms with E-state index in [1.54, 1.807) is 11.0 Å². The first-order valence-corrected chi connectivity index (χ1v) is 6.74. The second-order valence-corrected chi connectivity index (χ2v) is 4.77. The van der Waals surface area contributed by atoms with Crippen LogP contribution in [-0.2, 0) is 0 Å². The van der Waals surface area contributed by atoms with E-state index in [9.17, 15) is 0 Å². The predicted molar refractivity (Wildman–Crippen MR) is 83.6 cm³/mol. The summed E-state index contributed by atoms with van der Waals surface area (Å²) in [6.07, 6.45) is 1.68. The highest BCUT2D eigenvalue weighted by Gasteiger charge is 2.01. The van der Waals surface area contributed by atoms with Gasteiger partial charge in [0, 0.05) is 5.39 Å². The summed E-state index contributed by atoms with van der Waals surface area (Å²) in [4.78, 5) is 4.30. The Morgan fingerprint density at radius 2 is 1.62 bits per heavy atom. The van der Waals surface area contributed by atoms with Gasteiger partial charge in [-0.15, -0.1) is 5.11 Å². The molecule has 3 aromatic carbocycles. The van der Waals surface area contributed by atoms with Gasteiger partial charge in [0.1, 0.15) is 6.33 Å². The van der Waals surface area contributed by atoms with Crippen molar-refractivity contribution >= 4 is 27.5 Å². The van der Waals surface area contributed by atoms with Gasteiger partial charge in [-0.2, -0.15) is 0 Å². The van der Waals surface area contributed by atoms with Crippen LogP contribution in [-0.4, -0.2) is 9.66 Å². The van der Waals surface area contributed by atoms with Crippen molar-refractivity contribution in [3.63, 3.8) is 0 Å². The summed E-state index contributed by atoms with van der Waals surface area (Å²) < 4.78 is 1.69. The van der Waals surface area contributed by atoms with Gasteiger partial charge in [0.05, 0.1) is 16.7 Å². The highest BCUT2D eigenvalue weighted by Crippen LogP contribution is 2.26. The Labute approximate surface area is 121 Å². The quantitative estimate of drug-likeness (QED) is 0.486. The molecule has 4 heteroatoms. The normalized spacial score (nSPS) is 11.6. The van der Waals surface area contributed by atoms with Crippen LogP contribution < -0.4 is 0 Å². The van der Waals surface area contributed by atoms with Gasteiger partial charge in [0.15, 0.2) is 0 Å². The van der Waals surface area contributed by atoms with Crippen molar-refractivity contribution < 1.29 is 0 Å². The van der Waals surface area contributed by atoms with Gasteiger partial charge in [-0.05, 0) is 23.6 Å². The molecule has 1 aromatic heterocycles. The maximum atomic E-state index is 4.37. The van der Waals surface area contributed by atoms with Crippen LogP contribution in [0.1, 0.15) is 0 Å². The molecule has 0 saturated carbocycles. The molecule has 0 bridgehead atoms. The molecule has 4 nitrogen and oxygen atoms in total. The van der Waals surface area contributed by atoms with Crippen molar-refractivity contribution in [2.24, 2.45) is 10.3 Å². The first-order valence-electron chi connectivity index (χ1n) is 6.74. The van der Waals surface area contributed by atoms with Gasteiger partial charge < -0.3 is 0 Å². The second kappa shape index (κ2) is 4.83. The van der Waals surface area contributed by atoms with Gasteiger partial charge in [-0.25, -0.2) is 9.66 Å². The summed E-state index contributed by atoms with van der Waals surface area (Å²) in [6.45, 7) is 0. The van der Waals surface area contributed by atoms with Crippen LogP contribution in [0.25, 0.3) is 21.8 Å². The zero-order valence-electron chi connectivity index (χ0n) is 11.2. The third kappa shape index (κ3) is 2.07. The summed E-state index contributed by atoms with van der Waals surface area (Å²) in [5, 5.41) is 10.9. The number of aromatic nitrogens is 2. The van der Waals surface area contributed by atoms with E-state index >= 15 is 0 Å². The lowest BCUT2D eigenvalue weighted by molar-refractivity contribution is 0.830. The number of hydrogen-bond donors (Lipinski definition) is 0. The molecule has 0 unspecified atom stereocenters. The van der Waals surface area contributed by atoms with Crippen molar-refractivity contribution in [1.29, 1.82) is 0 Å². The fourth-order valence-corrected chi connectivity index (χ4v) is 2.41. The average Bonchev–Trinajstić information content (AvgIpc) is 2.96. The molecule has 0 aliphatic rings. The number of nitrogens with zero attached hydrogens (tertiary/aromatic N) is 4. The Bertz CT molecular complexity index is 948. The predicted octanol–water partition coefficient (Wildman–Crippen LogP) is 4.74. The Balaban J connectivity index is 1.81. The molecular formula is C17H12N4. The number of benzene rings is 3. The maximum absolute atomic E-state index is 4.37. The van der Waals surface area contributed by atoms with Crippen LogP contribution in [0.2, 0.25) is 0 Å². The minimum Gasteiger partial charge on any atom is -0.235 e. The number of hydrogen-bond acceptors (Lipinski definition) is 3. The maximum Gasteiger partial charge on any atom is 0.120 e. The van der Waals surface area contributed by atoms with Gasteiger partial charge in [-0.3, -0.25) is 0 Å². The molecular weight excluding hydrogens is 260 g/mol. The molecule has 4 aromatic rings. The smallest absolute Gasteiger partial charge is 0.120 e. The number of rotatable bonds is 2. The summed E-state index contributed by atoms with van der Waals surface area (Å²) >= 11 is 0. The Hall–Kier alpha value is -3.01. The first-order chi connectivity index (χ1) is 10.4. The van der Waals surface area contributed by atoms with Crippen molar-refractivity contribution in [3.8, 4) is 0 Å². The van der Waals surface area contributed by atoms with Crippen LogP contribution >= 0.6 is 0 Å². The van der Waals surface area contributed by atoms with Crippen LogP contribution in [0.4, 0.5) is 5.69 Å². The fraction of sp³-hybridized carbons (Fsp3) is 0. The van der Waals surface area contributed by atoms with Gasteiger partial charge in [-0.1, -0.05) is 53.8 Å². The Morgan fingerprint density at radius 3 is 2.62 bits per heavy atom. The molecule has 0 saturated heterocycles. The monoisotopic (exact) mass is 272 g/mol. The molecule has 0 aliphatic carbocycles. The van der Waals surface area contributed by atoms with Crippen molar-refractivity contribution in [1.82, 2.24) is 9.66 Å². The number of fused-ring (bicyclic) bond motifs is 2. The molecule has 0 atom stereocenters. The van der Waals surface area contributed by atoms with E-state index in [-0.39, 0.29) is 0 Å². The van der Waals surface area contributed by atoms with E-state index in [0.717, 1.165) is 27.5 Å². The second-order valence-electron chi connectivity index (χ2n) is 4.77.